The van der Waals surface area contributed by atoms with Crippen molar-refractivity contribution in [1.29, 1.82) is 0 Å². The summed E-state index contributed by atoms with van der Waals surface area (Å²) < 4.78 is 5.56. The lowest BCUT2D eigenvalue weighted by Crippen LogP contribution is -2.36. The zero-order valence-corrected chi connectivity index (χ0v) is 12.0. The highest BCUT2D eigenvalue weighted by molar-refractivity contribution is 6.31. The Kier molecular flexibility index (Phi) is 4.66. The zero-order valence-electron chi connectivity index (χ0n) is 11.3. The number of carbonyl (C=O) groups excluding carboxylic acids is 1. The third-order valence-electron chi connectivity index (χ3n) is 3.22. The summed E-state index contributed by atoms with van der Waals surface area (Å²) in [6, 6.07) is 5.32. The molecule has 2 rings (SSSR count). The summed E-state index contributed by atoms with van der Waals surface area (Å²) in [4.78, 5) is 14.4. The maximum Gasteiger partial charge on any atom is 0.256 e. The summed E-state index contributed by atoms with van der Waals surface area (Å²) in [5.74, 6) is 0.00389. The van der Waals surface area contributed by atoms with Gasteiger partial charge in [-0.1, -0.05) is 11.6 Å². The second kappa shape index (κ2) is 6.26. The lowest BCUT2D eigenvalue weighted by Gasteiger charge is -2.23. The van der Waals surface area contributed by atoms with E-state index in [1.54, 1.807) is 19.2 Å². The number of carbonyl (C=O) groups is 1. The first kappa shape index (κ1) is 14.2. The quantitative estimate of drug-likeness (QED) is 0.907. The summed E-state index contributed by atoms with van der Waals surface area (Å²) in [5, 5.41) is 3.60. The third kappa shape index (κ3) is 3.39. The van der Waals surface area contributed by atoms with E-state index in [9.17, 15) is 4.79 Å². The topological polar surface area (TPSA) is 41.6 Å². The van der Waals surface area contributed by atoms with Gasteiger partial charge < -0.3 is 15.0 Å². The molecule has 0 bridgehead atoms. The standard InChI is InChI=1S/C14H19ClN2O2/c1-10-9-17(6-3-7-19-10)14(18)12-8-11(15)4-5-13(12)16-2/h4-5,8,10,16H,3,6-7,9H2,1-2H3. The van der Waals surface area contributed by atoms with E-state index in [0.29, 0.717) is 23.7 Å². The van der Waals surface area contributed by atoms with E-state index in [2.05, 4.69) is 5.32 Å². The van der Waals surface area contributed by atoms with Gasteiger partial charge in [0, 0.05) is 37.5 Å². The van der Waals surface area contributed by atoms with Gasteiger partial charge in [-0.3, -0.25) is 4.79 Å². The minimum Gasteiger partial charge on any atom is -0.387 e. The van der Waals surface area contributed by atoms with Gasteiger partial charge >= 0.3 is 0 Å². The van der Waals surface area contributed by atoms with Crippen LogP contribution in [0.25, 0.3) is 0 Å². The number of halogens is 1. The Bertz CT molecular complexity index is 465. The van der Waals surface area contributed by atoms with Crippen LogP contribution in [0.1, 0.15) is 23.7 Å². The van der Waals surface area contributed by atoms with Crippen LogP contribution in [0.15, 0.2) is 18.2 Å². The van der Waals surface area contributed by atoms with Gasteiger partial charge in [-0.2, -0.15) is 0 Å². The molecule has 19 heavy (non-hydrogen) atoms. The summed E-state index contributed by atoms with van der Waals surface area (Å²) in [6.45, 7) is 4.04. The normalized spacial score (nSPS) is 19.9. The average Bonchev–Trinajstić information content (AvgIpc) is 2.62. The van der Waals surface area contributed by atoms with Gasteiger partial charge in [-0.15, -0.1) is 0 Å². The third-order valence-corrected chi connectivity index (χ3v) is 3.46. The first-order valence-corrected chi connectivity index (χ1v) is 6.88. The summed E-state index contributed by atoms with van der Waals surface area (Å²) in [5.41, 5.74) is 1.41. The number of hydrogen-bond acceptors (Lipinski definition) is 3. The number of nitrogens with one attached hydrogen (secondary N) is 1. The Hall–Kier alpha value is -1.26. The first-order valence-electron chi connectivity index (χ1n) is 6.50. The fraction of sp³-hybridized carbons (Fsp3) is 0.500. The van der Waals surface area contributed by atoms with Crippen molar-refractivity contribution in [2.24, 2.45) is 0 Å². The molecule has 0 saturated carbocycles. The molecule has 1 amide bonds. The number of anilines is 1. The van der Waals surface area contributed by atoms with Gasteiger partial charge in [0.05, 0.1) is 11.7 Å². The van der Waals surface area contributed by atoms with Crippen LogP contribution in [-0.4, -0.2) is 43.7 Å². The molecule has 0 radical (unpaired) electrons. The minimum absolute atomic E-state index is 0.00389. The summed E-state index contributed by atoms with van der Waals surface area (Å²) in [6.07, 6.45) is 0.939. The summed E-state index contributed by atoms with van der Waals surface area (Å²) in [7, 11) is 1.80. The summed E-state index contributed by atoms with van der Waals surface area (Å²) >= 11 is 5.99. The monoisotopic (exact) mass is 282 g/mol. The maximum atomic E-state index is 12.6. The van der Waals surface area contributed by atoms with Crippen LogP contribution in [0.4, 0.5) is 5.69 Å². The number of hydrogen-bond donors (Lipinski definition) is 1. The molecule has 1 aliphatic rings. The highest BCUT2D eigenvalue weighted by Gasteiger charge is 2.23. The van der Waals surface area contributed by atoms with Gasteiger partial charge in [0.2, 0.25) is 0 Å². The highest BCUT2D eigenvalue weighted by Crippen LogP contribution is 2.22. The Morgan fingerprint density at radius 2 is 2.32 bits per heavy atom. The first-order chi connectivity index (χ1) is 9.11. The van der Waals surface area contributed by atoms with Gasteiger partial charge in [0.1, 0.15) is 0 Å². The highest BCUT2D eigenvalue weighted by atomic mass is 35.5. The van der Waals surface area contributed by atoms with Gasteiger partial charge in [-0.05, 0) is 31.5 Å². The van der Waals surface area contributed by atoms with Gasteiger partial charge in [0.15, 0.2) is 0 Å². The molecule has 1 aromatic rings. The molecule has 0 aliphatic carbocycles. The predicted octanol–water partition coefficient (Wildman–Crippen LogP) is 2.63. The van der Waals surface area contributed by atoms with Crippen LogP contribution in [-0.2, 0) is 4.74 Å². The van der Waals surface area contributed by atoms with Crippen LogP contribution in [0.2, 0.25) is 5.02 Å². The van der Waals surface area contributed by atoms with Crippen LogP contribution < -0.4 is 5.32 Å². The molecule has 5 heteroatoms. The largest absolute Gasteiger partial charge is 0.387 e. The molecule has 1 N–H and O–H groups in total. The van der Waals surface area contributed by atoms with E-state index in [4.69, 9.17) is 16.3 Å². The predicted molar refractivity (Wildman–Crippen MR) is 76.9 cm³/mol. The van der Waals surface area contributed by atoms with Gasteiger partial charge in [-0.25, -0.2) is 0 Å². The van der Waals surface area contributed by atoms with E-state index < -0.39 is 0 Å². The van der Waals surface area contributed by atoms with Crippen molar-refractivity contribution in [1.82, 2.24) is 4.90 Å². The number of ether oxygens (including phenoxy) is 1. The fourth-order valence-electron chi connectivity index (χ4n) is 2.26. The van der Waals surface area contributed by atoms with Crippen molar-refractivity contribution in [3.63, 3.8) is 0 Å². The molecule has 1 fully saturated rings. The smallest absolute Gasteiger partial charge is 0.256 e. The molecule has 1 aliphatic heterocycles. The molecule has 1 saturated heterocycles. The molecule has 1 heterocycles. The SMILES string of the molecule is CNc1ccc(Cl)cc1C(=O)N1CCCOC(C)C1. The van der Waals surface area contributed by atoms with Crippen LogP contribution in [0.3, 0.4) is 0 Å². The van der Waals surface area contributed by atoms with Crippen molar-refractivity contribution >= 4 is 23.2 Å². The lowest BCUT2D eigenvalue weighted by molar-refractivity contribution is 0.0563. The van der Waals surface area contributed by atoms with Crippen molar-refractivity contribution in [3.05, 3.63) is 28.8 Å². The van der Waals surface area contributed by atoms with Gasteiger partial charge in [0.25, 0.3) is 5.91 Å². The Morgan fingerprint density at radius 1 is 1.53 bits per heavy atom. The van der Waals surface area contributed by atoms with Crippen LogP contribution in [0, 0.1) is 0 Å². The van der Waals surface area contributed by atoms with E-state index in [-0.39, 0.29) is 12.0 Å². The molecule has 1 unspecified atom stereocenters. The van der Waals surface area contributed by atoms with Crippen molar-refractivity contribution in [3.8, 4) is 0 Å². The molecular weight excluding hydrogens is 264 g/mol. The van der Waals surface area contributed by atoms with E-state index in [0.717, 1.165) is 18.7 Å². The van der Waals surface area contributed by atoms with Crippen molar-refractivity contribution < 1.29 is 9.53 Å². The number of amides is 1. The Morgan fingerprint density at radius 3 is 3.05 bits per heavy atom. The molecule has 0 aromatic heterocycles. The van der Waals surface area contributed by atoms with E-state index >= 15 is 0 Å². The Balaban J connectivity index is 2.24. The Labute approximate surface area is 118 Å². The number of rotatable bonds is 2. The zero-order chi connectivity index (χ0) is 13.8. The number of nitrogens with zero attached hydrogens (tertiary/aromatic N) is 1. The molecule has 0 spiro atoms. The fourth-order valence-corrected chi connectivity index (χ4v) is 2.43. The minimum atomic E-state index is 0.00389. The van der Waals surface area contributed by atoms with Crippen molar-refractivity contribution in [2.75, 3.05) is 32.1 Å². The second-order valence-electron chi connectivity index (χ2n) is 4.73. The lowest BCUT2D eigenvalue weighted by atomic mass is 10.1. The second-order valence-corrected chi connectivity index (χ2v) is 5.16. The van der Waals surface area contributed by atoms with Crippen LogP contribution >= 0.6 is 11.6 Å². The number of benzene rings is 1. The molecular formula is C14H19ClN2O2. The van der Waals surface area contributed by atoms with E-state index in [1.165, 1.54) is 0 Å². The van der Waals surface area contributed by atoms with Crippen molar-refractivity contribution in [2.45, 2.75) is 19.4 Å². The molecule has 4 nitrogen and oxygen atoms in total. The molecule has 1 atom stereocenters. The maximum absolute atomic E-state index is 12.6. The van der Waals surface area contributed by atoms with Crippen LogP contribution in [0.5, 0.6) is 0 Å². The average molecular weight is 283 g/mol. The molecule has 1 aromatic carbocycles. The molecule has 104 valence electrons. The van der Waals surface area contributed by atoms with E-state index in [1.807, 2.05) is 17.9 Å².